The van der Waals surface area contributed by atoms with Crippen LogP contribution in [0.4, 0.5) is 17.1 Å². The van der Waals surface area contributed by atoms with E-state index in [1.807, 2.05) is 0 Å². The molecular weight excluding hydrogens is 504 g/mol. The summed E-state index contributed by atoms with van der Waals surface area (Å²) in [6.45, 7) is 1.83. The van der Waals surface area contributed by atoms with E-state index >= 15 is 0 Å². The first-order valence-corrected chi connectivity index (χ1v) is 13.1. The maximum atomic E-state index is 13.1. The predicted molar refractivity (Wildman–Crippen MR) is 135 cm³/mol. The largest absolute Gasteiger partial charge is 0.493 e. The summed E-state index contributed by atoms with van der Waals surface area (Å²) in [5.74, 6) is -0.856. The van der Waals surface area contributed by atoms with Crippen LogP contribution in [0.3, 0.4) is 0 Å². The SMILES string of the molecule is COCc1c(N)c(O)n(CCNC(C)=O)c(=O)c1N=Nc1ccc(S(=O)(=O)N2CCCC(CO)C2)cc1. The third-order valence-electron chi connectivity index (χ3n) is 6.03. The molecule has 0 radical (unpaired) electrons. The number of aliphatic hydroxyl groups is 1. The second-order valence-electron chi connectivity index (χ2n) is 8.68. The third kappa shape index (κ3) is 6.52. The second kappa shape index (κ2) is 12.3. The van der Waals surface area contributed by atoms with Gasteiger partial charge in [0.1, 0.15) is 5.69 Å². The van der Waals surface area contributed by atoms with E-state index in [1.165, 1.54) is 42.6 Å². The summed E-state index contributed by atoms with van der Waals surface area (Å²) in [4.78, 5) is 24.3. The first kappa shape index (κ1) is 28.2. The first-order chi connectivity index (χ1) is 17.6. The molecule has 1 fully saturated rings. The maximum Gasteiger partial charge on any atom is 0.281 e. The fraction of sp³-hybridized carbons (Fsp3) is 0.478. The second-order valence-corrected chi connectivity index (χ2v) is 10.6. The fourth-order valence-corrected chi connectivity index (χ4v) is 5.60. The predicted octanol–water partition coefficient (Wildman–Crippen LogP) is 1.23. The Balaban J connectivity index is 1.89. The van der Waals surface area contributed by atoms with Gasteiger partial charge in [-0.1, -0.05) is 0 Å². The van der Waals surface area contributed by atoms with Crippen molar-refractivity contribution in [2.45, 2.75) is 37.8 Å². The quantitative estimate of drug-likeness (QED) is 0.326. The van der Waals surface area contributed by atoms with Gasteiger partial charge < -0.3 is 26.0 Å². The minimum atomic E-state index is -3.73. The fourth-order valence-electron chi connectivity index (χ4n) is 4.04. The molecule has 1 amide bonds. The average molecular weight is 537 g/mol. The Morgan fingerprint density at radius 3 is 2.59 bits per heavy atom. The van der Waals surface area contributed by atoms with Crippen LogP contribution in [-0.2, 0) is 32.7 Å². The van der Waals surface area contributed by atoms with Crippen LogP contribution in [0.25, 0.3) is 0 Å². The number of amides is 1. The van der Waals surface area contributed by atoms with Crippen molar-refractivity contribution in [3.8, 4) is 5.88 Å². The lowest BCUT2D eigenvalue weighted by Gasteiger charge is -2.30. The van der Waals surface area contributed by atoms with Gasteiger partial charge in [0.2, 0.25) is 21.8 Å². The molecule has 0 spiro atoms. The van der Waals surface area contributed by atoms with Crippen molar-refractivity contribution in [1.29, 1.82) is 0 Å². The summed E-state index contributed by atoms with van der Waals surface area (Å²) < 4.78 is 33.5. The number of aliphatic hydroxyl groups excluding tert-OH is 1. The number of nitrogens with zero attached hydrogens (tertiary/aromatic N) is 4. The van der Waals surface area contributed by atoms with Crippen LogP contribution in [0.1, 0.15) is 25.3 Å². The number of benzene rings is 1. The number of ether oxygens (including phenoxy) is 1. The van der Waals surface area contributed by atoms with Gasteiger partial charge in [-0.2, -0.15) is 9.42 Å². The summed E-state index contributed by atoms with van der Waals surface area (Å²) in [6.07, 6.45) is 1.46. The molecule has 0 aliphatic carbocycles. The zero-order valence-electron chi connectivity index (χ0n) is 20.8. The number of nitrogens with two attached hydrogens (primary N) is 1. The van der Waals surface area contributed by atoms with E-state index in [4.69, 9.17) is 10.5 Å². The number of aromatic hydroxyl groups is 1. The Labute approximate surface area is 214 Å². The Bertz CT molecular complexity index is 1310. The highest BCUT2D eigenvalue weighted by atomic mass is 32.2. The monoisotopic (exact) mass is 536 g/mol. The number of hydrogen-bond donors (Lipinski definition) is 4. The number of nitrogens with one attached hydrogen (secondary N) is 1. The minimum Gasteiger partial charge on any atom is -0.493 e. The minimum absolute atomic E-state index is 0.0512. The molecule has 1 unspecified atom stereocenters. The van der Waals surface area contributed by atoms with Crippen molar-refractivity contribution in [3.63, 3.8) is 0 Å². The molecule has 1 aliphatic heterocycles. The Hall–Kier alpha value is -3.33. The summed E-state index contributed by atoms with van der Waals surface area (Å²) in [6, 6.07) is 5.72. The van der Waals surface area contributed by atoms with Crippen molar-refractivity contribution in [2.24, 2.45) is 16.1 Å². The van der Waals surface area contributed by atoms with Gasteiger partial charge in [0.05, 0.1) is 17.2 Å². The number of nitrogen functional groups attached to an aromatic ring is 1. The Kier molecular flexibility index (Phi) is 9.37. The van der Waals surface area contributed by atoms with Gasteiger partial charge in [0.15, 0.2) is 5.69 Å². The summed E-state index contributed by atoms with van der Waals surface area (Å²) in [5, 5.41) is 30.5. The smallest absolute Gasteiger partial charge is 0.281 e. The standard InChI is InChI=1S/C23H32N6O7S/c1-15(31)25-9-11-29-22(32)20(24)19(14-36-2)21(23(29)33)27-26-17-5-7-18(8-6-17)37(34,35)28-10-3-4-16(12-28)13-30/h5-8,16,30,32H,3-4,9-14,24H2,1-2H3,(H,25,31). The van der Waals surface area contributed by atoms with Gasteiger partial charge >= 0.3 is 0 Å². The van der Waals surface area contributed by atoms with Crippen LogP contribution in [-0.4, -0.2) is 66.8 Å². The number of aromatic nitrogens is 1. The molecule has 202 valence electrons. The summed E-state index contributed by atoms with van der Waals surface area (Å²) >= 11 is 0. The molecular formula is C23H32N6O7S. The molecule has 0 bridgehead atoms. The lowest BCUT2D eigenvalue weighted by molar-refractivity contribution is -0.119. The van der Waals surface area contributed by atoms with E-state index in [2.05, 4.69) is 15.5 Å². The Morgan fingerprint density at radius 2 is 1.97 bits per heavy atom. The topological polar surface area (TPSA) is 189 Å². The highest BCUT2D eigenvalue weighted by Gasteiger charge is 2.30. The van der Waals surface area contributed by atoms with Crippen molar-refractivity contribution >= 4 is 33.0 Å². The molecule has 1 aromatic heterocycles. The highest BCUT2D eigenvalue weighted by Crippen LogP contribution is 2.31. The van der Waals surface area contributed by atoms with E-state index in [1.54, 1.807) is 0 Å². The number of pyridine rings is 1. The summed E-state index contributed by atoms with van der Waals surface area (Å²) in [5.41, 5.74) is 5.51. The van der Waals surface area contributed by atoms with Crippen molar-refractivity contribution in [2.75, 3.05) is 39.1 Å². The molecule has 1 aliphatic rings. The first-order valence-electron chi connectivity index (χ1n) is 11.7. The van der Waals surface area contributed by atoms with Gasteiger partial charge in [-0.15, -0.1) is 5.11 Å². The third-order valence-corrected chi connectivity index (χ3v) is 7.91. The number of azo groups is 1. The van der Waals surface area contributed by atoms with Crippen LogP contribution in [0, 0.1) is 5.92 Å². The van der Waals surface area contributed by atoms with Crippen molar-refractivity contribution in [1.82, 2.24) is 14.2 Å². The molecule has 13 nitrogen and oxygen atoms in total. The number of sulfonamides is 1. The number of methoxy groups -OCH3 is 1. The number of anilines is 1. The molecule has 3 rings (SSSR count). The molecule has 1 atom stereocenters. The van der Waals surface area contributed by atoms with Gasteiger partial charge in [-0.25, -0.2) is 8.42 Å². The zero-order valence-corrected chi connectivity index (χ0v) is 21.6. The molecule has 14 heteroatoms. The average Bonchev–Trinajstić information content (AvgIpc) is 2.89. The van der Waals surface area contributed by atoms with Crippen molar-refractivity contribution in [3.05, 3.63) is 40.2 Å². The van der Waals surface area contributed by atoms with Crippen LogP contribution in [0.15, 0.2) is 44.2 Å². The lowest BCUT2D eigenvalue weighted by Crippen LogP contribution is -2.40. The maximum absolute atomic E-state index is 13.1. The number of carbonyl (C=O) groups excluding carboxylic acids is 1. The normalized spacial score (nSPS) is 16.8. The molecule has 2 heterocycles. The van der Waals surface area contributed by atoms with Crippen LogP contribution >= 0.6 is 0 Å². The molecule has 0 saturated carbocycles. The Morgan fingerprint density at radius 1 is 1.27 bits per heavy atom. The molecule has 37 heavy (non-hydrogen) atoms. The number of rotatable bonds is 10. The van der Waals surface area contributed by atoms with E-state index in [-0.39, 0.29) is 72.2 Å². The lowest BCUT2D eigenvalue weighted by atomic mass is 10.0. The highest BCUT2D eigenvalue weighted by molar-refractivity contribution is 7.89. The van der Waals surface area contributed by atoms with Gasteiger partial charge in [-0.3, -0.25) is 14.2 Å². The number of piperidine rings is 1. The van der Waals surface area contributed by atoms with Gasteiger partial charge in [0, 0.05) is 52.4 Å². The molecule has 1 saturated heterocycles. The molecule has 1 aromatic carbocycles. The van der Waals surface area contributed by atoms with Crippen LogP contribution < -0.4 is 16.6 Å². The van der Waals surface area contributed by atoms with Gasteiger partial charge in [-0.05, 0) is 43.0 Å². The summed E-state index contributed by atoms with van der Waals surface area (Å²) in [7, 11) is -2.34. The van der Waals surface area contributed by atoms with E-state index in [0.717, 1.165) is 11.0 Å². The molecule has 2 aromatic rings. The van der Waals surface area contributed by atoms with Gasteiger partial charge in [0.25, 0.3) is 5.56 Å². The molecule has 5 N–H and O–H groups in total. The van der Waals surface area contributed by atoms with Crippen molar-refractivity contribution < 1.29 is 28.2 Å². The number of carbonyl (C=O) groups is 1. The van der Waals surface area contributed by atoms with Crippen LogP contribution in [0.2, 0.25) is 0 Å². The number of hydrogen-bond acceptors (Lipinski definition) is 10. The van der Waals surface area contributed by atoms with E-state index < -0.39 is 21.5 Å². The van der Waals surface area contributed by atoms with E-state index in [0.29, 0.717) is 13.0 Å². The van der Waals surface area contributed by atoms with E-state index in [9.17, 15) is 28.2 Å². The zero-order chi connectivity index (χ0) is 27.2. The van der Waals surface area contributed by atoms with Crippen LogP contribution in [0.5, 0.6) is 5.88 Å².